The van der Waals surface area contributed by atoms with E-state index in [0.29, 0.717) is 0 Å². The van der Waals surface area contributed by atoms with Crippen molar-refractivity contribution in [2.75, 3.05) is 5.32 Å². The Labute approximate surface area is 365 Å². The molecule has 1 fully saturated rings. The number of hydrogen-bond acceptors (Lipinski definition) is 1. The molecule has 301 valence electrons. The molecule has 1 N–H and O–H groups in total. The smallest absolute Gasteiger partial charge is 0.193 e. The molecule has 0 spiro atoms. The van der Waals surface area contributed by atoms with Gasteiger partial charge in [0.25, 0.3) is 0 Å². The molecular weight excluding hydrogens is 733 g/mol. The van der Waals surface area contributed by atoms with Gasteiger partial charge in [-0.2, -0.15) is 0 Å². The van der Waals surface area contributed by atoms with Crippen LogP contribution in [0.15, 0.2) is 146 Å². The van der Waals surface area contributed by atoms with E-state index in [9.17, 15) is 0 Å². The predicted octanol–water partition coefficient (Wildman–Crippen LogP) is 14.6. The van der Waals surface area contributed by atoms with Crippen LogP contribution < -0.4 is 16.2 Å². The molecule has 2 heteroatoms. The molecule has 7 aromatic rings. The van der Waals surface area contributed by atoms with E-state index in [0.717, 1.165) is 11.4 Å². The van der Waals surface area contributed by atoms with Crippen molar-refractivity contribution in [1.29, 1.82) is 0 Å². The summed E-state index contributed by atoms with van der Waals surface area (Å²) in [6, 6.07) is 52.2. The monoisotopic (exact) mass is 790 g/mol. The number of rotatable bonds is 6. The lowest BCUT2D eigenvalue weighted by Gasteiger charge is -2.54. The standard InChI is InChI=1S/C59H57BN/c1-37-29-38(2)54(39(3)30-37)44-31-48(47-26-23-43(41-19-13-10-14-20-41)33-53(47)61-46-24-21-42(22-25-46)40-17-11-9-12-18-40)56-49(32-44)50-36-58(7)27-15-16-28-59(58,8)51-34-45(57(4,5)6)35-52(60-56)55(50)51/h9-14,17-26,29-36,61H,15-16,27-28H2,1-8H3. The Kier molecular flexibility index (Phi) is 9.44. The van der Waals surface area contributed by atoms with Crippen molar-refractivity contribution < 1.29 is 0 Å². The van der Waals surface area contributed by atoms with Gasteiger partial charge in [0.2, 0.25) is 0 Å². The van der Waals surface area contributed by atoms with Crippen LogP contribution >= 0.6 is 0 Å². The first kappa shape index (κ1) is 39.3. The summed E-state index contributed by atoms with van der Waals surface area (Å²) in [5.74, 6) is 0. The SMILES string of the molecule is Cc1cc(C)c(-c2cc3c(c(-c4ccc(-c5ccccc5)cc4Nc4ccc(-c5ccccc5)cc4)c2)[B]c2cc(C(C)(C)C)cc4c2C3=CC2(C)CCCCC42C)c(C)c1. The second-order valence-corrected chi connectivity index (χ2v) is 19.9. The average molecular weight is 791 g/mol. The Morgan fingerprint density at radius 3 is 1.84 bits per heavy atom. The first-order valence-electron chi connectivity index (χ1n) is 22.5. The summed E-state index contributed by atoms with van der Waals surface area (Å²) in [6.07, 6.45) is 7.73. The molecule has 1 radical (unpaired) electrons. The molecule has 1 saturated carbocycles. The minimum atomic E-state index is 0.0238. The molecule has 0 saturated heterocycles. The summed E-state index contributed by atoms with van der Waals surface area (Å²) >= 11 is 0. The number of aryl methyl sites for hydroxylation is 3. The van der Waals surface area contributed by atoms with E-state index in [4.69, 9.17) is 0 Å². The second kappa shape index (κ2) is 14.7. The highest BCUT2D eigenvalue weighted by atomic mass is 14.9. The van der Waals surface area contributed by atoms with Crippen LogP contribution in [0.1, 0.15) is 99.2 Å². The van der Waals surface area contributed by atoms with Crippen molar-refractivity contribution in [3.8, 4) is 44.5 Å². The van der Waals surface area contributed by atoms with Crippen molar-refractivity contribution in [3.05, 3.63) is 185 Å². The van der Waals surface area contributed by atoms with Crippen molar-refractivity contribution in [1.82, 2.24) is 0 Å². The third-order valence-electron chi connectivity index (χ3n) is 14.7. The molecule has 0 aromatic heterocycles. The second-order valence-electron chi connectivity index (χ2n) is 19.9. The van der Waals surface area contributed by atoms with Gasteiger partial charge in [-0.25, -0.2) is 0 Å². The van der Waals surface area contributed by atoms with Gasteiger partial charge in [-0.1, -0.05) is 179 Å². The molecular formula is C59H57BN. The largest absolute Gasteiger partial charge is 0.355 e. The number of allylic oxidation sites excluding steroid dienone is 1. The molecule has 61 heavy (non-hydrogen) atoms. The zero-order valence-corrected chi connectivity index (χ0v) is 37.3. The van der Waals surface area contributed by atoms with Crippen LogP contribution in [-0.2, 0) is 10.8 Å². The van der Waals surface area contributed by atoms with E-state index in [2.05, 4.69) is 214 Å². The molecule has 0 amide bonds. The highest BCUT2D eigenvalue weighted by Gasteiger charge is 2.51. The Hall–Kier alpha value is -5.86. The van der Waals surface area contributed by atoms with Crippen LogP contribution in [0.25, 0.3) is 50.1 Å². The number of anilines is 2. The Morgan fingerprint density at radius 2 is 1.16 bits per heavy atom. The topological polar surface area (TPSA) is 12.0 Å². The zero-order valence-electron chi connectivity index (χ0n) is 37.3. The maximum absolute atomic E-state index is 3.97. The molecule has 1 aliphatic heterocycles. The number of benzene rings is 7. The molecule has 7 aromatic carbocycles. The molecule has 2 unspecified atom stereocenters. The van der Waals surface area contributed by atoms with Gasteiger partial charge < -0.3 is 5.32 Å². The molecule has 1 heterocycles. The first-order chi connectivity index (χ1) is 29.3. The van der Waals surface area contributed by atoms with Crippen LogP contribution in [0.3, 0.4) is 0 Å². The quantitative estimate of drug-likeness (QED) is 0.165. The average Bonchev–Trinajstić information content (AvgIpc) is 3.24. The molecule has 2 aliphatic carbocycles. The highest BCUT2D eigenvalue weighted by Crippen LogP contribution is 2.59. The predicted molar refractivity (Wildman–Crippen MR) is 263 cm³/mol. The van der Waals surface area contributed by atoms with Crippen molar-refractivity contribution in [3.63, 3.8) is 0 Å². The van der Waals surface area contributed by atoms with Crippen molar-refractivity contribution >= 4 is 35.2 Å². The van der Waals surface area contributed by atoms with E-state index in [1.807, 2.05) is 0 Å². The summed E-state index contributed by atoms with van der Waals surface area (Å²) in [5.41, 5.74) is 26.0. The van der Waals surface area contributed by atoms with Gasteiger partial charge >= 0.3 is 0 Å². The lowest BCUT2D eigenvalue weighted by atomic mass is 9.45. The zero-order chi connectivity index (χ0) is 42.3. The molecule has 1 nitrogen and oxygen atoms in total. The highest BCUT2D eigenvalue weighted by molar-refractivity contribution is 6.72. The van der Waals surface area contributed by atoms with Crippen LogP contribution in [0, 0.1) is 26.2 Å². The van der Waals surface area contributed by atoms with Crippen molar-refractivity contribution in [2.24, 2.45) is 5.41 Å². The van der Waals surface area contributed by atoms with Gasteiger partial charge in [-0.3, -0.25) is 0 Å². The van der Waals surface area contributed by atoms with Gasteiger partial charge in [-0.15, -0.1) is 0 Å². The van der Waals surface area contributed by atoms with Gasteiger partial charge in [0.1, 0.15) is 0 Å². The van der Waals surface area contributed by atoms with E-state index in [1.165, 1.54) is 120 Å². The van der Waals surface area contributed by atoms with Crippen LogP contribution in [0.4, 0.5) is 11.4 Å². The Balaban J connectivity index is 1.23. The Bertz CT molecular complexity index is 2850. The van der Waals surface area contributed by atoms with Crippen LogP contribution in [-0.4, -0.2) is 7.28 Å². The molecule has 3 aliphatic rings. The molecule has 2 atom stereocenters. The molecule has 0 bridgehead atoms. The first-order valence-corrected chi connectivity index (χ1v) is 22.5. The van der Waals surface area contributed by atoms with Gasteiger partial charge in [0.05, 0.1) is 0 Å². The lowest BCUT2D eigenvalue weighted by molar-refractivity contribution is 0.138. The van der Waals surface area contributed by atoms with E-state index in [-0.39, 0.29) is 16.2 Å². The maximum Gasteiger partial charge on any atom is 0.193 e. The third kappa shape index (κ3) is 6.71. The van der Waals surface area contributed by atoms with Crippen molar-refractivity contribution in [2.45, 2.75) is 91.9 Å². The Morgan fingerprint density at radius 1 is 0.557 bits per heavy atom. The minimum Gasteiger partial charge on any atom is -0.355 e. The molecule has 10 rings (SSSR count). The number of nitrogens with one attached hydrogen (secondary N) is 1. The fraction of sp³-hybridized carbons (Fsp3) is 0.254. The maximum atomic E-state index is 3.97. The number of hydrogen-bond donors (Lipinski definition) is 1. The van der Waals surface area contributed by atoms with Gasteiger partial charge in [0, 0.05) is 22.4 Å². The summed E-state index contributed by atoms with van der Waals surface area (Å²) in [5, 5.41) is 3.97. The summed E-state index contributed by atoms with van der Waals surface area (Å²) in [7, 11) is 2.55. The lowest BCUT2D eigenvalue weighted by Crippen LogP contribution is -2.50. The third-order valence-corrected chi connectivity index (χ3v) is 14.7. The van der Waals surface area contributed by atoms with Gasteiger partial charge in [-0.05, 0) is 153 Å². The number of fused-ring (bicyclic) bond motifs is 4. The van der Waals surface area contributed by atoms with E-state index >= 15 is 0 Å². The van der Waals surface area contributed by atoms with Crippen LogP contribution in [0.2, 0.25) is 0 Å². The minimum absolute atomic E-state index is 0.0238. The summed E-state index contributed by atoms with van der Waals surface area (Å²) < 4.78 is 0. The van der Waals surface area contributed by atoms with Gasteiger partial charge in [0.15, 0.2) is 7.28 Å². The summed E-state index contributed by atoms with van der Waals surface area (Å²) in [4.78, 5) is 0. The van der Waals surface area contributed by atoms with E-state index in [1.54, 1.807) is 5.56 Å². The summed E-state index contributed by atoms with van der Waals surface area (Å²) in [6.45, 7) is 19.1. The normalized spacial score (nSPS) is 18.9. The van der Waals surface area contributed by atoms with E-state index < -0.39 is 0 Å². The van der Waals surface area contributed by atoms with Crippen LogP contribution in [0.5, 0.6) is 0 Å². The fourth-order valence-corrected chi connectivity index (χ4v) is 11.2. The fourth-order valence-electron chi connectivity index (χ4n) is 11.2.